The SMILES string of the molecule is N#Cc1cc(N(CCC2(O)CCN(Cc3ccccc3)CC2)C(=O)C2CCNCC2)ccc1OC(F)(F)F. The van der Waals surface area contributed by atoms with E-state index >= 15 is 0 Å². The summed E-state index contributed by atoms with van der Waals surface area (Å²) in [5.74, 6) is -0.998. The van der Waals surface area contributed by atoms with Crippen molar-refractivity contribution >= 4 is 11.6 Å². The quantitative estimate of drug-likeness (QED) is 0.532. The Balaban J connectivity index is 1.47. The lowest BCUT2D eigenvalue weighted by Crippen LogP contribution is -2.47. The first-order valence-electron chi connectivity index (χ1n) is 13.0. The smallest absolute Gasteiger partial charge is 0.404 e. The van der Waals surface area contributed by atoms with Gasteiger partial charge in [0.2, 0.25) is 5.91 Å². The number of hydrogen-bond donors (Lipinski definition) is 2. The fourth-order valence-corrected chi connectivity index (χ4v) is 5.18. The lowest BCUT2D eigenvalue weighted by Gasteiger charge is -2.40. The molecule has 1 amide bonds. The molecule has 2 aromatic rings. The Hall–Kier alpha value is -3.13. The van der Waals surface area contributed by atoms with E-state index in [9.17, 15) is 28.3 Å². The maximum absolute atomic E-state index is 13.6. The number of benzene rings is 2. The fourth-order valence-electron chi connectivity index (χ4n) is 5.18. The van der Waals surface area contributed by atoms with Crippen LogP contribution in [-0.2, 0) is 11.3 Å². The van der Waals surface area contributed by atoms with Gasteiger partial charge >= 0.3 is 6.36 Å². The summed E-state index contributed by atoms with van der Waals surface area (Å²) in [6.45, 7) is 3.84. The van der Waals surface area contributed by atoms with E-state index in [1.54, 1.807) is 6.07 Å². The molecule has 0 aliphatic carbocycles. The van der Waals surface area contributed by atoms with E-state index in [1.807, 2.05) is 18.2 Å². The van der Waals surface area contributed by atoms with Crippen molar-refractivity contribution in [2.45, 2.75) is 50.6 Å². The van der Waals surface area contributed by atoms with Gasteiger partial charge in [0.25, 0.3) is 0 Å². The van der Waals surface area contributed by atoms with Crippen molar-refractivity contribution < 1.29 is 27.8 Å². The Morgan fingerprint density at radius 2 is 1.84 bits per heavy atom. The Bertz CT molecular complexity index is 1120. The predicted molar refractivity (Wildman–Crippen MR) is 136 cm³/mol. The Morgan fingerprint density at radius 1 is 1.16 bits per heavy atom. The van der Waals surface area contributed by atoms with Gasteiger partial charge in [-0.3, -0.25) is 9.69 Å². The molecule has 0 bridgehead atoms. The van der Waals surface area contributed by atoms with Crippen LogP contribution in [0.1, 0.15) is 43.2 Å². The number of amides is 1. The number of carbonyl (C=O) groups excluding carboxylic acids is 1. The Labute approximate surface area is 220 Å². The normalized spacial score (nSPS) is 18.5. The molecule has 0 aromatic heterocycles. The topological polar surface area (TPSA) is 88.8 Å². The molecule has 2 heterocycles. The van der Waals surface area contributed by atoms with Crippen LogP contribution in [0.15, 0.2) is 48.5 Å². The van der Waals surface area contributed by atoms with Crippen molar-refractivity contribution in [2.75, 3.05) is 37.6 Å². The van der Waals surface area contributed by atoms with Gasteiger partial charge in [0.1, 0.15) is 11.8 Å². The third-order valence-electron chi connectivity index (χ3n) is 7.41. The third-order valence-corrected chi connectivity index (χ3v) is 7.41. The number of alkyl halides is 3. The number of nitrogens with one attached hydrogen (secondary N) is 1. The predicted octanol–water partition coefficient (Wildman–Crippen LogP) is 4.21. The minimum Gasteiger partial charge on any atom is -0.404 e. The van der Waals surface area contributed by atoms with E-state index < -0.39 is 17.7 Å². The number of nitriles is 1. The highest BCUT2D eigenvalue weighted by Crippen LogP contribution is 2.33. The number of carbonyl (C=O) groups is 1. The number of anilines is 1. The molecular formula is C28H33F3N4O3. The first-order valence-corrected chi connectivity index (χ1v) is 13.0. The molecule has 204 valence electrons. The first-order chi connectivity index (χ1) is 18.2. The molecule has 0 radical (unpaired) electrons. The van der Waals surface area contributed by atoms with Gasteiger partial charge in [0, 0.05) is 37.8 Å². The second kappa shape index (κ2) is 12.2. The van der Waals surface area contributed by atoms with Crippen LogP contribution in [0.4, 0.5) is 18.9 Å². The van der Waals surface area contributed by atoms with Crippen molar-refractivity contribution in [1.82, 2.24) is 10.2 Å². The molecule has 0 atom stereocenters. The average molecular weight is 531 g/mol. The van der Waals surface area contributed by atoms with Gasteiger partial charge in [-0.2, -0.15) is 5.26 Å². The van der Waals surface area contributed by atoms with Crippen LogP contribution in [0, 0.1) is 17.2 Å². The molecule has 10 heteroatoms. The van der Waals surface area contributed by atoms with Crippen molar-refractivity contribution in [3.63, 3.8) is 0 Å². The van der Waals surface area contributed by atoms with E-state index in [0.29, 0.717) is 50.9 Å². The van der Waals surface area contributed by atoms with Crippen molar-refractivity contribution in [2.24, 2.45) is 5.92 Å². The van der Waals surface area contributed by atoms with Crippen molar-refractivity contribution in [3.8, 4) is 11.8 Å². The molecule has 2 aliphatic heterocycles. The number of ether oxygens (including phenoxy) is 1. The highest BCUT2D eigenvalue weighted by Gasteiger charge is 2.36. The lowest BCUT2D eigenvalue weighted by atomic mass is 9.87. The molecule has 2 N–H and O–H groups in total. The van der Waals surface area contributed by atoms with Crippen LogP contribution in [0.25, 0.3) is 0 Å². The summed E-state index contributed by atoms with van der Waals surface area (Å²) >= 11 is 0. The number of piperidine rings is 2. The first kappa shape index (κ1) is 27.9. The molecule has 2 aliphatic rings. The summed E-state index contributed by atoms with van der Waals surface area (Å²) in [4.78, 5) is 17.4. The zero-order valence-electron chi connectivity index (χ0n) is 21.2. The molecule has 4 rings (SSSR count). The number of halogens is 3. The summed E-state index contributed by atoms with van der Waals surface area (Å²) < 4.78 is 42.3. The van der Waals surface area contributed by atoms with Gasteiger partial charge in [0.15, 0.2) is 0 Å². The van der Waals surface area contributed by atoms with E-state index in [4.69, 9.17) is 0 Å². The van der Waals surface area contributed by atoms with Crippen molar-refractivity contribution in [1.29, 1.82) is 5.26 Å². The van der Waals surface area contributed by atoms with Gasteiger partial charge in [0.05, 0.1) is 11.2 Å². The van der Waals surface area contributed by atoms with Gasteiger partial charge in [-0.1, -0.05) is 30.3 Å². The third kappa shape index (κ3) is 7.47. The Kier molecular flexibility index (Phi) is 8.92. The summed E-state index contributed by atoms with van der Waals surface area (Å²) in [5.41, 5.74) is 0.264. The molecule has 0 saturated carbocycles. The lowest BCUT2D eigenvalue weighted by molar-refractivity contribution is -0.274. The second-order valence-electron chi connectivity index (χ2n) is 10.1. The molecule has 2 fully saturated rings. The largest absolute Gasteiger partial charge is 0.573 e. The number of likely N-dealkylation sites (tertiary alicyclic amines) is 1. The highest BCUT2D eigenvalue weighted by molar-refractivity contribution is 5.95. The zero-order chi connectivity index (χ0) is 27.2. The van der Waals surface area contributed by atoms with Gasteiger partial charge < -0.3 is 20.1 Å². The maximum atomic E-state index is 13.6. The van der Waals surface area contributed by atoms with E-state index in [-0.39, 0.29) is 23.9 Å². The maximum Gasteiger partial charge on any atom is 0.573 e. The number of nitrogens with zero attached hydrogens (tertiary/aromatic N) is 3. The van der Waals surface area contributed by atoms with Crippen LogP contribution >= 0.6 is 0 Å². The monoisotopic (exact) mass is 530 g/mol. The molecule has 0 spiro atoms. The highest BCUT2D eigenvalue weighted by atomic mass is 19.4. The minimum atomic E-state index is -4.93. The molecule has 0 unspecified atom stereocenters. The number of rotatable bonds is 8. The van der Waals surface area contributed by atoms with Crippen LogP contribution in [0.3, 0.4) is 0 Å². The number of aliphatic hydroxyl groups is 1. The van der Waals surface area contributed by atoms with Crippen LogP contribution in [-0.4, -0.2) is 60.6 Å². The van der Waals surface area contributed by atoms with E-state index in [0.717, 1.165) is 25.7 Å². The summed E-state index contributed by atoms with van der Waals surface area (Å²) in [5, 5.41) is 24.0. The average Bonchev–Trinajstić information content (AvgIpc) is 2.91. The molecule has 2 saturated heterocycles. The van der Waals surface area contributed by atoms with Gasteiger partial charge in [-0.15, -0.1) is 13.2 Å². The van der Waals surface area contributed by atoms with Crippen LogP contribution in [0.2, 0.25) is 0 Å². The van der Waals surface area contributed by atoms with Gasteiger partial charge in [-0.05, 0) is 69.0 Å². The Morgan fingerprint density at radius 3 is 2.47 bits per heavy atom. The summed E-state index contributed by atoms with van der Waals surface area (Å²) in [6.07, 6.45) is -2.21. The fraction of sp³-hybridized carbons (Fsp3) is 0.500. The van der Waals surface area contributed by atoms with Crippen LogP contribution in [0.5, 0.6) is 5.75 Å². The molecule has 38 heavy (non-hydrogen) atoms. The van der Waals surface area contributed by atoms with Crippen molar-refractivity contribution in [3.05, 3.63) is 59.7 Å². The second-order valence-corrected chi connectivity index (χ2v) is 10.1. The standard InChI is InChI=1S/C28H33F3N4O3/c29-28(30,31)38-25-7-6-24(18-23(25)19-32)35(26(36)22-8-13-33-14-9-22)17-12-27(37)10-15-34(16-11-27)20-21-4-2-1-3-5-21/h1-7,18,22,33,37H,8-17,20H2. The molecular weight excluding hydrogens is 497 g/mol. The minimum absolute atomic E-state index is 0.148. The van der Waals surface area contributed by atoms with E-state index in [2.05, 4.69) is 27.1 Å². The number of hydrogen-bond acceptors (Lipinski definition) is 6. The van der Waals surface area contributed by atoms with E-state index in [1.165, 1.54) is 22.6 Å². The molecule has 7 nitrogen and oxygen atoms in total. The summed E-state index contributed by atoms with van der Waals surface area (Å²) in [7, 11) is 0. The molecule has 2 aromatic carbocycles. The zero-order valence-corrected chi connectivity index (χ0v) is 21.2. The van der Waals surface area contributed by atoms with Crippen LogP contribution < -0.4 is 15.0 Å². The van der Waals surface area contributed by atoms with Gasteiger partial charge in [-0.25, -0.2) is 0 Å². The summed E-state index contributed by atoms with van der Waals surface area (Å²) in [6, 6.07) is 15.6.